The number of piperidine rings is 1. The highest BCUT2D eigenvalue weighted by molar-refractivity contribution is 6.00. The third-order valence-corrected chi connectivity index (χ3v) is 7.24. The van der Waals surface area contributed by atoms with Gasteiger partial charge in [-0.25, -0.2) is 4.79 Å². The number of benzene rings is 1. The predicted octanol–water partition coefficient (Wildman–Crippen LogP) is 3.35. The van der Waals surface area contributed by atoms with Crippen LogP contribution in [0.4, 0.5) is 4.79 Å². The summed E-state index contributed by atoms with van der Waals surface area (Å²) in [6, 6.07) is 9.97. The molecule has 8 nitrogen and oxygen atoms in total. The number of hydrogen-bond donors (Lipinski definition) is 2. The number of likely N-dealkylation sites (tertiary alicyclic amines) is 1. The molecule has 3 amide bonds. The van der Waals surface area contributed by atoms with Gasteiger partial charge in [0.15, 0.2) is 0 Å². The van der Waals surface area contributed by atoms with Gasteiger partial charge in [0.1, 0.15) is 11.6 Å². The van der Waals surface area contributed by atoms with Crippen LogP contribution in [0.5, 0.6) is 0 Å². The summed E-state index contributed by atoms with van der Waals surface area (Å²) in [7, 11) is 0. The number of amides is 3. The molecule has 3 rings (SSSR count). The van der Waals surface area contributed by atoms with E-state index in [9.17, 15) is 14.4 Å². The quantitative estimate of drug-likeness (QED) is 0.430. The molecule has 1 spiro atoms. The van der Waals surface area contributed by atoms with Crippen LogP contribution in [0.3, 0.4) is 0 Å². The molecule has 200 valence electrons. The van der Waals surface area contributed by atoms with Crippen molar-refractivity contribution in [2.24, 2.45) is 5.92 Å². The summed E-state index contributed by atoms with van der Waals surface area (Å²) in [5, 5.41) is 5.81. The molecule has 0 aromatic heterocycles. The number of piperazine rings is 1. The van der Waals surface area contributed by atoms with Gasteiger partial charge < -0.3 is 25.2 Å². The van der Waals surface area contributed by atoms with E-state index in [4.69, 9.17) is 4.74 Å². The van der Waals surface area contributed by atoms with E-state index < -0.39 is 17.7 Å². The fourth-order valence-electron chi connectivity index (χ4n) is 5.15. The molecule has 2 aliphatic heterocycles. The Morgan fingerprint density at radius 1 is 1.14 bits per heavy atom. The molecule has 2 N–H and O–H groups in total. The van der Waals surface area contributed by atoms with Gasteiger partial charge in [-0.15, -0.1) is 0 Å². The predicted molar refractivity (Wildman–Crippen MR) is 141 cm³/mol. The number of carbonyl (C=O) groups is 3. The third-order valence-electron chi connectivity index (χ3n) is 7.24. The number of rotatable bonds is 12. The Kier molecular flexibility index (Phi) is 10.6. The number of hydrogen-bond acceptors (Lipinski definition) is 5. The lowest BCUT2D eigenvalue weighted by molar-refractivity contribution is -0.161. The van der Waals surface area contributed by atoms with Crippen LogP contribution in [-0.2, 0) is 20.7 Å². The highest BCUT2D eigenvalue weighted by Crippen LogP contribution is 2.34. The van der Waals surface area contributed by atoms with E-state index in [1.807, 2.05) is 24.8 Å². The summed E-state index contributed by atoms with van der Waals surface area (Å²) >= 11 is 0. The first-order chi connectivity index (χ1) is 17.4. The minimum atomic E-state index is -0.728. The van der Waals surface area contributed by atoms with Crippen LogP contribution in [0.15, 0.2) is 30.3 Å². The van der Waals surface area contributed by atoms with E-state index in [0.717, 1.165) is 45.3 Å². The van der Waals surface area contributed by atoms with E-state index in [1.165, 1.54) is 5.56 Å². The molecule has 2 fully saturated rings. The van der Waals surface area contributed by atoms with Crippen molar-refractivity contribution in [1.82, 2.24) is 20.4 Å². The van der Waals surface area contributed by atoms with Crippen molar-refractivity contribution in [1.29, 1.82) is 0 Å². The Morgan fingerprint density at radius 2 is 1.86 bits per heavy atom. The van der Waals surface area contributed by atoms with E-state index in [-0.39, 0.29) is 11.8 Å². The minimum absolute atomic E-state index is 0.00125. The standard InChI is InChI=1S/C28H44N4O4/c1-4-17-32-25(33)24(12-8-9-16-29-27(35)36-21-22(2)3)30-26(34)28(32)14-19-31(20-15-28)18-13-23-10-6-5-7-11-23/h5-7,10-11,22,24H,4,8-9,12-21H2,1-3H3,(H,29,35)(H,30,34)/t24-/m0/s1. The van der Waals surface area contributed by atoms with Gasteiger partial charge in [-0.3, -0.25) is 9.59 Å². The average Bonchev–Trinajstić information content (AvgIpc) is 2.88. The second-order valence-electron chi connectivity index (χ2n) is 10.5. The number of nitrogens with one attached hydrogen (secondary N) is 2. The minimum Gasteiger partial charge on any atom is -0.449 e. The van der Waals surface area contributed by atoms with E-state index >= 15 is 0 Å². The summed E-state index contributed by atoms with van der Waals surface area (Å²) < 4.78 is 5.11. The maximum Gasteiger partial charge on any atom is 0.407 e. The maximum absolute atomic E-state index is 13.5. The molecule has 0 aliphatic carbocycles. The Morgan fingerprint density at radius 3 is 2.53 bits per heavy atom. The number of alkyl carbamates (subject to hydrolysis) is 1. The van der Waals surface area contributed by atoms with Gasteiger partial charge in [-0.2, -0.15) is 0 Å². The maximum atomic E-state index is 13.5. The number of ether oxygens (including phenoxy) is 1. The Labute approximate surface area is 216 Å². The van der Waals surface area contributed by atoms with Gasteiger partial charge in [0.2, 0.25) is 11.8 Å². The molecular formula is C28H44N4O4. The third kappa shape index (κ3) is 7.45. The van der Waals surface area contributed by atoms with Crippen molar-refractivity contribution in [3.63, 3.8) is 0 Å². The second kappa shape index (κ2) is 13.6. The van der Waals surface area contributed by atoms with E-state index in [1.54, 1.807) is 0 Å². The highest BCUT2D eigenvalue weighted by Gasteiger charge is 2.52. The summed E-state index contributed by atoms with van der Waals surface area (Å²) in [5.41, 5.74) is 0.593. The first-order valence-corrected chi connectivity index (χ1v) is 13.6. The number of carbonyl (C=O) groups excluding carboxylic acids is 3. The molecular weight excluding hydrogens is 456 g/mol. The first-order valence-electron chi connectivity index (χ1n) is 13.6. The topological polar surface area (TPSA) is 91.0 Å². The van der Waals surface area contributed by atoms with Gasteiger partial charge in [-0.05, 0) is 56.4 Å². The lowest BCUT2D eigenvalue weighted by atomic mass is 9.81. The van der Waals surface area contributed by atoms with E-state index in [0.29, 0.717) is 44.9 Å². The smallest absolute Gasteiger partial charge is 0.407 e. The normalized spacial score (nSPS) is 20.0. The molecule has 2 saturated heterocycles. The molecule has 0 bridgehead atoms. The van der Waals surface area contributed by atoms with Crippen LogP contribution in [0.2, 0.25) is 0 Å². The zero-order chi connectivity index (χ0) is 26.0. The average molecular weight is 501 g/mol. The zero-order valence-electron chi connectivity index (χ0n) is 22.3. The molecule has 36 heavy (non-hydrogen) atoms. The van der Waals surface area contributed by atoms with Gasteiger partial charge in [-0.1, -0.05) is 51.1 Å². The molecule has 0 unspecified atom stereocenters. The van der Waals surface area contributed by atoms with Crippen molar-refractivity contribution in [3.8, 4) is 0 Å². The molecule has 1 aromatic carbocycles. The van der Waals surface area contributed by atoms with Crippen molar-refractivity contribution < 1.29 is 19.1 Å². The van der Waals surface area contributed by atoms with Gasteiger partial charge in [0.25, 0.3) is 0 Å². The fourth-order valence-corrected chi connectivity index (χ4v) is 5.15. The van der Waals surface area contributed by atoms with Gasteiger partial charge >= 0.3 is 6.09 Å². The lowest BCUT2D eigenvalue weighted by Gasteiger charge is -2.51. The van der Waals surface area contributed by atoms with Crippen LogP contribution in [-0.4, -0.2) is 78.6 Å². The van der Waals surface area contributed by atoms with Crippen molar-refractivity contribution in [2.75, 3.05) is 39.3 Å². The lowest BCUT2D eigenvalue weighted by Crippen LogP contribution is -2.72. The van der Waals surface area contributed by atoms with E-state index in [2.05, 4.69) is 46.7 Å². The molecule has 8 heteroatoms. The first kappa shape index (κ1) is 28.0. The SMILES string of the molecule is CCCN1C(=O)[C@H](CCCCNC(=O)OCC(C)C)NC(=O)C12CCN(CCc1ccccc1)CC2. The van der Waals surface area contributed by atoms with Crippen molar-refractivity contribution in [2.45, 2.75) is 77.3 Å². The van der Waals surface area contributed by atoms with Gasteiger partial charge in [0.05, 0.1) is 6.61 Å². The van der Waals surface area contributed by atoms with Crippen molar-refractivity contribution >= 4 is 17.9 Å². The molecule has 1 aromatic rings. The van der Waals surface area contributed by atoms with Crippen LogP contribution < -0.4 is 10.6 Å². The Balaban J connectivity index is 1.47. The molecule has 1 atom stereocenters. The second-order valence-corrected chi connectivity index (χ2v) is 10.5. The van der Waals surface area contributed by atoms with Crippen LogP contribution in [0, 0.1) is 5.92 Å². The number of unbranched alkanes of at least 4 members (excludes halogenated alkanes) is 1. The molecule has 0 radical (unpaired) electrons. The fraction of sp³-hybridized carbons (Fsp3) is 0.679. The largest absolute Gasteiger partial charge is 0.449 e. The summed E-state index contributed by atoms with van der Waals surface area (Å²) in [6.07, 6.45) is 4.80. The summed E-state index contributed by atoms with van der Waals surface area (Å²) in [4.78, 5) is 42.8. The molecule has 0 saturated carbocycles. The van der Waals surface area contributed by atoms with Gasteiger partial charge in [0, 0.05) is 32.7 Å². The molecule has 2 heterocycles. The van der Waals surface area contributed by atoms with Crippen LogP contribution >= 0.6 is 0 Å². The number of nitrogens with zero attached hydrogens (tertiary/aromatic N) is 2. The highest BCUT2D eigenvalue weighted by atomic mass is 16.5. The molecule has 2 aliphatic rings. The summed E-state index contributed by atoms with van der Waals surface area (Å²) in [5.74, 6) is 0.338. The van der Waals surface area contributed by atoms with Crippen LogP contribution in [0.25, 0.3) is 0 Å². The van der Waals surface area contributed by atoms with Crippen molar-refractivity contribution in [3.05, 3.63) is 35.9 Å². The zero-order valence-corrected chi connectivity index (χ0v) is 22.3. The van der Waals surface area contributed by atoms with Crippen LogP contribution in [0.1, 0.15) is 64.9 Å². The summed E-state index contributed by atoms with van der Waals surface area (Å²) in [6.45, 7) is 10.1. The Bertz CT molecular complexity index is 852. The monoisotopic (exact) mass is 500 g/mol. The Hall–Kier alpha value is -2.61.